The first-order chi connectivity index (χ1) is 7.67. The van der Waals surface area contributed by atoms with Crippen molar-refractivity contribution in [2.24, 2.45) is 0 Å². The topological polar surface area (TPSA) is 17.1 Å². The standard InChI is InChI=1S/C14H14OS/c1-3-10-4-5-11-8-16-14(7-9(14)2)13(15)12(11)6-10/h4-7H,3,8H2,1-2H3. The summed E-state index contributed by atoms with van der Waals surface area (Å²) in [5.74, 6) is 1.25. The molecular formula is C14H14OS. The highest BCUT2D eigenvalue weighted by atomic mass is 32.2. The predicted octanol–water partition coefficient (Wildman–Crippen LogP) is 3.38. The van der Waals surface area contributed by atoms with Crippen molar-refractivity contribution >= 4 is 17.5 Å². The number of benzene rings is 1. The second-order valence-corrected chi connectivity index (χ2v) is 5.75. The summed E-state index contributed by atoms with van der Waals surface area (Å²) in [5.41, 5.74) is 4.64. The van der Waals surface area contributed by atoms with Gasteiger partial charge in [-0.2, -0.15) is 0 Å². The van der Waals surface area contributed by atoms with Gasteiger partial charge in [0.15, 0.2) is 5.78 Å². The van der Waals surface area contributed by atoms with E-state index >= 15 is 0 Å². The molecule has 2 heteroatoms. The molecule has 82 valence electrons. The molecule has 1 nitrogen and oxygen atoms in total. The second kappa shape index (κ2) is 3.24. The van der Waals surface area contributed by atoms with Crippen molar-refractivity contribution < 1.29 is 4.79 Å². The number of hydrogen-bond acceptors (Lipinski definition) is 2. The fourth-order valence-electron chi connectivity index (χ4n) is 2.31. The smallest absolute Gasteiger partial charge is 0.187 e. The fraction of sp³-hybridized carbons (Fsp3) is 0.357. The largest absolute Gasteiger partial charge is 0.292 e. The van der Waals surface area contributed by atoms with Gasteiger partial charge in [-0.1, -0.05) is 25.1 Å². The molecule has 1 aliphatic carbocycles. The van der Waals surface area contributed by atoms with Gasteiger partial charge in [-0.3, -0.25) is 4.79 Å². The van der Waals surface area contributed by atoms with E-state index in [1.165, 1.54) is 16.7 Å². The number of aryl methyl sites for hydroxylation is 1. The minimum atomic E-state index is -0.251. The summed E-state index contributed by atoms with van der Waals surface area (Å²) in [6.07, 6.45) is 3.09. The molecule has 0 bridgehead atoms. The van der Waals surface area contributed by atoms with Gasteiger partial charge in [0.25, 0.3) is 0 Å². The summed E-state index contributed by atoms with van der Waals surface area (Å²) in [6.45, 7) is 4.18. The Morgan fingerprint density at radius 1 is 1.44 bits per heavy atom. The SMILES string of the molecule is CCc1ccc2c(c1)C(=O)C1(C=C1C)SC2. The zero-order chi connectivity index (χ0) is 11.3. The third-order valence-electron chi connectivity index (χ3n) is 3.54. The zero-order valence-electron chi connectivity index (χ0n) is 9.54. The van der Waals surface area contributed by atoms with Crippen LogP contribution in [0.1, 0.15) is 35.3 Å². The monoisotopic (exact) mass is 230 g/mol. The average Bonchev–Trinajstić information content (AvgIpc) is 2.96. The van der Waals surface area contributed by atoms with Crippen LogP contribution in [0, 0.1) is 0 Å². The fourth-order valence-corrected chi connectivity index (χ4v) is 3.67. The van der Waals surface area contributed by atoms with Crippen LogP contribution in [0.15, 0.2) is 29.8 Å². The molecule has 1 spiro atoms. The van der Waals surface area contributed by atoms with Crippen molar-refractivity contribution in [3.05, 3.63) is 46.5 Å². The van der Waals surface area contributed by atoms with E-state index in [9.17, 15) is 4.79 Å². The lowest BCUT2D eigenvalue weighted by Crippen LogP contribution is -2.28. The van der Waals surface area contributed by atoms with E-state index in [0.717, 1.165) is 17.7 Å². The summed E-state index contributed by atoms with van der Waals surface area (Å²) >= 11 is 1.76. The number of rotatable bonds is 1. The first-order valence-corrected chi connectivity index (χ1v) is 6.66. The third-order valence-corrected chi connectivity index (χ3v) is 5.08. The van der Waals surface area contributed by atoms with Gasteiger partial charge in [-0.05, 0) is 36.1 Å². The minimum absolute atomic E-state index is 0.251. The normalized spacial score (nSPS) is 26.6. The molecule has 1 heterocycles. The molecule has 1 atom stereocenters. The minimum Gasteiger partial charge on any atom is -0.292 e. The van der Waals surface area contributed by atoms with Crippen molar-refractivity contribution in [1.29, 1.82) is 0 Å². The zero-order valence-corrected chi connectivity index (χ0v) is 10.4. The second-order valence-electron chi connectivity index (χ2n) is 4.53. The molecule has 3 rings (SSSR count). The molecule has 0 aromatic heterocycles. The van der Waals surface area contributed by atoms with Crippen molar-refractivity contribution in [3.8, 4) is 0 Å². The van der Waals surface area contributed by atoms with E-state index in [-0.39, 0.29) is 4.75 Å². The maximum absolute atomic E-state index is 12.4. The lowest BCUT2D eigenvalue weighted by Gasteiger charge is -2.24. The Morgan fingerprint density at radius 2 is 2.19 bits per heavy atom. The van der Waals surface area contributed by atoms with Crippen LogP contribution in [0.4, 0.5) is 0 Å². The number of thioether (sulfide) groups is 1. The summed E-state index contributed by atoms with van der Waals surface area (Å²) in [7, 11) is 0. The number of ketones is 1. The van der Waals surface area contributed by atoms with E-state index in [4.69, 9.17) is 0 Å². The van der Waals surface area contributed by atoms with Gasteiger partial charge >= 0.3 is 0 Å². The van der Waals surface area contributed by atoms with Crippen molar-refractivity contribution in [1.82, 2.24) is 0 Å². The van der Waals surface area contributed by atoms with Gasteiger partial charge in [0, 0.05) is 11.3 Å². The summed E-state index contributed by atoms with van der Waals surface area (Å²) in [4.78, 5) is 12.4. The molecule has 1 aromatic carbocycles. The first kappa shape index (κ1) is 10.2. The first-order valence-electron chi connectivity index (χ1n) is 5.68. The van der Waals surface area contributed by atoms with E-state index in [2.05, 4.69) is 38.1 Å². The highest BCUT2D eigenvalue weighted by Gasteiger charge is 2.51. The van der Waals surface area contributed by atoms with Gasteiger partial charge in [-0.25, -0.2) is 0 Å². The molecule has 1 unspecified atom stereocenters. The van der Waals surface area contributed by atoms with Crippen LogP contribution in [-0.4, -0.2) is 10.5 Å². The molecular weight excluding hydrogens is 216 g/mol. The van der Waals surface area contributed by atoms with Crippen LogP contribution in [0.5, 0.6) is 0 Å². The van der Waals surface area contributed by atoms with Crippen molar-refractivity contribution in [2.75, 3.05) is 0 Å². The molecule has 0 amide bonds. The lowest BCUT2D eigenvalue weighted by molar-refractivity contribution is 0.0984. The molecule has 0 fully saturated rings. The van der Waals surface area contributed by atoms with E-state index in [1.54, 1.807) is 11.8 Å². The molecule has 1 aromatic rings. The molecule has 1 aliphatic heterocycles. The Hall–Kier alpha value is -1.02. The van der Waals surface area contributed by atoms with Crippen LogP contribution in [0.3, 0.4) is 0 Å². The third kappa shape index (κ3) is 1.23. The maximum atomic E-state index is 12.4. The molecule has 16 heavy (non-hydrogen) atoms. The molecule has 0 radical (unpaired) electrons. The molecule has 2 aliphatic rings. The van der Waals surface area contributed by atoms with Crippen molar-refractivity contribution in [3.63, 3.8) is 0 Å². The van der Waals surface area contributed by atoms with E-state index in [1.807, 2.05) is 0 Å². The summed E-state index contributed by atoms with van der Waals surface area (Å²) in [5, 5.41) is 0. The van der Waals surface area contributed by atoms with Crippen LogP contribution < -0.4 is 0 Å². The van der Waals surface area contributed by atoms with Crippen molar-refractivity contribution in [2.45, 2.75) is 30.8 Å². The molecule has 0 N–H and O–H groups in total. The van der Waals surface area contributed by atoms with Gasteiger partial charge in [-0.15, -0.1) is 11.8 Å². The van der Waals surface area contributed by atoms with Crippen LogP contribution in [0.2, 0.25) is 0 Å². The maximum Gasteiger partial charge on any atom is 0.187 e. The van der Waals surface area contributed by atoms with Crippen LogP contribution >= 0.6 is 11.8 Å². The van der Waals surface area contributed by atoms with Gasteiger partial charge < -0.3 is 0 Å². The summed E-state index contributed by atoms with van der Waals surface area (Å²) in [6, 6.07) is 6.33. The quantitative estimate of drug-likeness (QED) is 0.688. The summed E-state index contributed by atoms with van der Waals surface area (Å²) < 4.78 is -0.251. The van der Waals surface area contributed by atoms with Crippen LogP contribution in [-0.2, 0) is 12.2 Å². The Labute approximate surface area is 99.9 Å². The van der Waals surface area contributed by atoms with E-state index < -0.39 is 0 Å². The molecule has 0 saturated heterocycles. The Bertz CT molecular complexity index is 515. The number of fused-ring (bicyclic) bond motifs is 1. The predicted molar refractivity (Wildman–Crippen MR) is 67.9 cm³/mol. The molecule has 0 saturated carbocycles. The van der Waals surface area contributed by atoms with Crippen LogP contribution in [0.25, 0.3) is 0 Å². The number of carbonyl (C=O) groups excluding carboxylic acids is 1. The van der Waals surface area contributed by atoms with Gasteiger partial charge in [0.1, 0.15) is 4.75 Å². The van der Waals surface area contributed by atoms with Gasteiger partial charge in [0.05, 0.1) is 0 Å². The Morgan fingerprint density at radius 3 is 2.81 bits per heavy atom. The highest BCUT2D eigenvalue weighted by molar-refractivity contribution is 8.01. The van der Waals surface area contributed by atoms with Gasteiger partial charge in [0.2, 0.25) is 0 Å². The Balaban J connectivity index is 2.06. The highest BCUT2D eigenvalue weighted by Crippen LogP contribution is 2.53. The number of hydrogen-bond donors (Lipinski definition) is 0. The average molecular weight is 230 g/mol. The lowest BCUT2D eigenvalue weighted by atomic mass is 9.95. The number of carbonyl (C=O) groups is 1. The number of Topliss-reactive ketones (excluding diaryl/α,β-unsaturated/α-hetero) is 1. The Kier molecular flexibility index (Phi) is 2.05. The van der Waals surface area contributed by atoms with E-state index in [0.29, 0.717) is 5.78 Å².